The molecule has 0 fully saturated rings. The Morgan fingerprint density at radius 2 is 1.63 bits per heavy atom. The Bertz CT molecular complexity index is 1630. The van der Waals surface area contributed by atoms with Gasteiger partial charge in [0.1, 0.15) is 29.8 Å². The largest absolute Gasteiger partial charge is 0.455 e. The number of alkyl halides is 3. The second-order valence-electron chi connectivity index (χ2n) is 9.75. The first-order chi connectivity index (χ1) is 16.4. The summed E-state index contributed by atoms with van der Waals surface area (Å²) < 4.78 is 76.7. The average molecular weight is 484 g/mol. The first-order valence-electron chi connectivity index (χ1n) is 11.2. The van der Waals surface area contributed by atoms with Crippen molar-refractivity contribution in [3.63, 3.8) is 0 Å². The maximum Gasteiger partial charge on any atom is 0.394 e. The van der Waals surface area contributed by atoms with Gasteiger partial charge in [-0.05, 0) is 35.9 Å². The number of benzene rings is 3. The summed E-state index contributed by atoms with van der Waals surface area (Å²) in [6.07, 6.45) is -2.64. The molecule has 0 spiro atoms. The van der Waals surface area contributed by atoms with Gasteiger partial charge in [0.05, 0.1) is 21.8 Å². The summed E-state index contributed by atoms with van der Waals surface area (Å²) in [6, 6.07) is 12.8. The Labute approximate surface area is 198 Å². The molecule has 3 aromatic carbocycles. The van der Waals surface area contributed by atoms with Crippen molar-refractivity contribution in [1.29, 1.82) is 0 Å². The Hall–Kier alpha value is -3.48. The molecule has 5 rings (SSSR count). The lowest BCUT2D eigenvalue weighted by Crippen LogP contribution is -2.34. The zero-order valence-corrected chi connectivity index (χ0v) is 19.6. The second kappa shape index (κ2) is 7.77. The molecule has 0 aliphatic rings. The van der Waals surface area contributed by atoms with E-state index >= 15 is 0 Å². The van der Waals surface area contributed by atoms with Crippen molar-refractivity contribution in [3.8, 4) is 11.3 Å². The lowest BCUT2D eigenvalue weighted by molar-refractivity contribution is -0.659. The number of hydrogen-bond acceptors (Lipinski definition) is 1. The van der Waals surface area contributed by atoms with Gasteiger partial charge in [-0.3, -0.25) is 0 Å². The summed E-state index contributed by atoms with van der Waals surface area (Å²) in [6.45, 7) is 4.29. The van der Waals surface area contributed by atoms with Gasteiger partial charge in [-0.25, -0.2) is 13.3 Å². The number of aryl methyl sites for hydroxylation is 2. The molecule has 2 nitrogen and oxygen atoms in total. The van der Waals surface area contributed by atoms with Gasteiger partial charge in [0.2, 0.25) is 5.69 Å². The normalized spacial score (nSPS) is 12.8. The molecule has 0 atom stereocenters. The number of hydrogen-bond donors (Lipinski definition) is 0. The minimum atomic E-state index is -4.32. The van der Waals surface area contributed by atoms with Crippen molar-refractivity contribution in [2.24, 2.45) is 12.5 Å². The van der Waals surface area contributed by atoms with Crippen molar-refractivity contribution in [3.05, 3.63) is 77.5 Å². The molecule has 0 aliphatic carbocycles. The zero-order chi connectivity index (χ0) is 25.3. The summed E-state index contributed by atoms with van der Waals surface area (Å²) >= 11 is 0. The number of pyridine rings is 1. The highest BCUT2D eigenvalue weighted by molar-refractivity contribution is 6.12. The lowest BCUT2D eigenvalue weighted by atomic mass is 9.84. The SMILES string of the molecule is Cc1ccc2c(oc3cc(F)cc(F)c32)c1-c1c2ccc(CC(C)(C)C(F)(F)F)cc2cc[n+]1C. The Morgan fingerprint density at radius 1 is 0.914 bits per heavy atom. The number of aromatic nitrogens is 1. The fourth-order valence-electron chi connectivity index (χ4n) is 4.73. The number of nitrogens with zero attached hydrogens (tertiary/aromatic N) is 1. The highest BCUT2D eigenvalue weighted by Crippen LogP contribution is 2.42. The molecule has 7 heteroatoms. The minimum Gasteiger partial charge on any atom is -0.455 e. The third-order valence-electron chi connectivity index (χ3n) is 6.72. The molecule has 2 aromatic heterocycles. The van der Waals surface area contributed by atoms with Crippen LogP contribution in [-0.2, 0) is 13.5 Å². The molecule has 0 amide bonds. The first-order valence-corrected chi connectivity index (χ1v) is 11.2. The number of furan rings is 1. The lowest BCUT2D eigenvalue weighted by Gasteiger charge is -2.27. The maximum atomic E-state index is 14.7. The molecule has 5 aromatic rings. The minimum absolute atomic E-state index is 0.115. The van der Waals surface area contributed by atoms with E-state index < -0.39 is 23.2 Å². The van der Waals surface area contributed by atoms with Gasteiger partial charge >= 0.3 is 6.18 Å². The van der Waals surface area contributed by atoms with Crippen molar-refractivity contribution in [1.82, 2.24) is 0 Å². The van der Waals surface area contributed by atoms with Crippen LogP contribution in [0.5, 0.6) is 0 Å². The van der Waals surface area contributed by atoms with E-state index in [2.05, 4.69) is 0 Å². The molecular formula is C28H23F5NO+. The highest BCUT2D eigenvalue weighted by Gasteiger charge is 2.47. The van der Waals surface area contributed by atoms with E-state index in [0.717, 1.165) is 39.7 Å². The van der Waals surface area contributed by atoms with Crippen LogP contribution in [0.3, 0.4) is 0 Å². The summed E-state index contributed by atoms with van der Waals surface area (Å²) in [5.74, 6) is -1.43. The molecular weight excluding hydrogens is 461 g/mol. The van der Waals surface area contributed by atoms with Crippen LogP contribution in [-0.4, -0.2) is 6.18 Å². The number of rotatable bonds is 3. The second-order valence-corrected chi connectivity index (χ2v) is 9.75. The third kappa shape index (κ3) is 3.74. The van der Waals surface area contributed by atoms with Gasteiger partial charge in [0, 0.05) is 23.6 Å². The van der Waals surface area contributed by atoms with Gasteiger partial charge in [0.25, 0.3) is 0 Å². The van der Waals surface area contributed by atoms with Gasteiger partial charge in [-0.1, -0.05) is 38.1 Å². The monoisotopic (exact) mass is 484 g/mol. The maximum absolute atomic E-state index is 14.7. The van der Waals surface area contributed by atoms with Crippen molar-refractivity contribution in [2.45, 2.75) is 33.4 Å². The van der Waals surface area contributed by atoms with Crippen molar-refractivity contribution >= 4 is 32.7 Å². The molecule has 0 unspecified atom stereocenters. The fourth-order valence-corrected chi connectivity index (χ4v) is 4.73. The Balaban J connectivity index is 1.75. The van der Waals surface area contributed by atoms with E-state index in [1.54, 1.807) is 18.2 Å². The van der Waals surface area contributed by atoms with Crippen LogP contribution in [0.2, 0.25) is 0 Å². The number of halogens is 5. The van der Waals surface area contributed by atoms with E-state index in [0.29, 0.717) is 16.5 Å². The molecule has 0 saturated heterocycles. The number of fused-ring (bicyclic) bond motifs is 4. The van der Waals surface area contributed by atoms with Gasteiger partial charge in [-0.2, -0.15) is 13.2 Å². The van der Waals surface area contributed by atoms with Gasteiger partial charge in [0.15, 0.2) is 6.20 Å². The van der Waals surface area contributed by atoms with Crippen molar-refractivity contribution < 1.29 is 30.9 Å². The van der Waals surface area contributed by atoms with Crippen LogP contribution in [0, 0.1) is 24.0 Å². The molecule has 0 bridgehead atoms. The van der Waals surface area contributed by atoms with E-state index in [4.69, 9.17) is 4.42 Å². The predicted octanol–water partition coefficient (Wildman–Crippen LogP) is 7.95. The summed E-state index contributed by atoms with van der Waals surface area (Å²) in [7, 11) is 1.86. The van der Waals surface area contributed by atoms with E-state index in [-0.39, 0.29) is 17.4 Å². The van der Waals surface area contributed by atoms with E-state index in [9.17, 15) is 22.0 Å². The Kier molecular flexibility index (Phi) is 5.16. The van der Waals surface area contributed by atoms with Crippen LogP contribution in [0.4, 0.5) is 22.0 Å². The van der Waals surface area contributed by atoms with E-state index in [1.165, 1.54) is 13.8 Å². The average Bonchev–Trinajstić information content (AvgIpc) is 3.12. The molecule has 0 aliphatic heterocycles. The van der Waals surface area contributed by atoms with Crippen LogP contribution in [0.1, 0.15) is 25.0 Å². The van der Waals surface area contributed by atoms with Gasteiger partial charge in [-0.15, -0.1) is 0 Å². The van der Waals surface area contributed by atoms with Crippen LogP contribution >= 0.6 is 0 Å². The van der Waals surface area contributed by atoms with E-state index in [1.807, 2.05) is 42.9 Å². The molecule has 0 radical (unpaired) electrons. The summed E-state index contributed by atoms with van der Waals surface area (Å²) in [4.78, 5) is 0. The fraction of sp³-hybridized carbons (Fsp3) is 0.250. The van der Waals surface area contributed by atoms with Crippen LogP contribution in [0.25, 0.3) is 44.0 Å². The smallest absolute Gasteiger partial charge is 0.394 e. The molecule has 180 valence electrons. The molecule has 0 N–H and O–H groups in total. The Morgan fingerprint density at radius 3 is 2.34 bits per heavy atom. The summed E-state index contributed by atoms with van der Waals surface area (Å²) in [5, 5.41) is 2.32. The van der Waals surface area contributed by atoms with Crippen LogP contribution < -0.4 is 4.57 Å². The van der Waals surface area contributed by atoms with Crippen LogP contribution in [0.15, 0.2) is 59.1 Å². The quantitative estimate of drug-likeness (QED) is 0.188. The summed E-state index contributed by atoms with van der Waals surface area (Å²) in [5.41, 5.74) is 1.61. The van der Waals surface area contributed by atoms with Crippen molar-refractivity contribution in [2.75, 3.05) is 0 Å². The standard InChI is InChI=1S/C28H23F5NO/c1-15-5-7-20-24-21(30)12-18(29)13-22(24)35-26(20)23(15)25-19-8-6-16(11-17(19)9-10-34(25)4)14-27(2,3)28(31,32)33/h5-13H,14H2,1-4H3/q+1. The molecule has 0 saturated carbocycles. The third-order valence-corrected chi connectivity index (χ3v) is 6.72. The molecule has 35 heavy (non-hydrogen) atoms. The first kappa shape index (κ1) is 23.3. The zero-order valence-electron chi connectivity index (χ0n) is 19.6. The highest BCUT2D eigenvalue weighted by atomic mass is 19.4. The predicted molar refractivity (Wildman–Crippen MR) is 126 cm³/mol. The van der Waals surface area contributed by atoms with Gasteiger partial charge < -0.3 is 4.42 Å². The topological polar surface area (TPSA) is 17.0 Å². The molecule has 2 heterocycles.